The van der Waals surface area contributed by atoms with E-state index in [1.807, 2.05) is 60.7 Å². The Morgan fingerprint density at radius 1 is 0.905 bits per heavy atom. The molecule has 3 heteroatoms. The Bertz CT molecular complexity index is 595. The van der Waals surface area contributed by atoms with Crippen molar-refractivity contribution in [3.63, 3.8) is 0 Å². The summed E-state index contributed by atoms with van der Waals surface area (Å²) in [6, 6.07) is 19.5. The van der Waals surface area contributed by atoms with E-state index in [1.54, 1.807) is 0 Å². The topological polar surface area (TPSA) is 46.5 Å². The van der Waals surface area contributed by atoms with E-state index >= 15 is 0 Å². The first kappa shape index (κ1) is 13.7. The van der Waals surface area contributed by atoms with Crippen LogP contribution in [0.3, 0.4) is 0 Å². The van der Waals surface area contributed by atoms with Crippen LogP contribution >= 0.6 is 0 Å². The molecule has 1 aliphatic heterocycles. The number of ketones is 1. The molecule has 2 aromatic carbocycles. The fourth-order valence-corrected chi connectivity index (χ4v) is 2.64. The number of carbonyl (C=O) groups is 1. The van der Waals surface area contributed by atoms with Crippen molar-refractivity contribution in [2.75, 3.05) is 0 Å². The van der Waals surface area contributed by atoms with Crippen LogP contribution in [0, 0.1) is 0 Å². The lowest BCUT2D eigenvalue weighted by Crippen LogP contribution is -2.37. The maximum Gasteiger partial charge on any atom is 0.185 e. The van der Waals surface area contributed by atoms with Crippen molar-refractivity contribution in [2.24, 2.45) is 0 Å². The maximum absolute atomic E-state index is 12.2. The normalized spacial score (nSPS) is 21.7. The third-order valence-electron chi connectivity index (χ3n) is 3.61. The zero-order valence-electron chi connectivity index (χ0n) is 11.4. The SMILES string of the molecule is O=C1C=CC(O)OC1C(c1ccccc1)c1ccccc1. The quantitative estimate of drug-likeness (QED) is 0.940. The van der Waals surface area contributed by atoms with Crippen molar-refractivity contribution in [1.82, 2.24) is 0 Å². The Balaban J connectivity index is 2.05. The summed E-state index contributed by atoms with van der Waals surface area (Å²) in [5, 5.41) is 9.68. The van der Waals surface area contributed by atoms with Gasteiger partial charge in [0.05, 0.1) is 0 Å². The van der Waals surface area contributed by atoms with E-state index in [0.717, 1.165) is 11.1 Å². The Labute approximate surface area is 123 Å². The summed E-state index contributed by atoms with van der Waals surface area (Å²) < 4.78 is 5.49. The second-order valence-corrected chi connectivity index (χ2v) is 5.01. The second-order valence-electron chi connectivity index (χ2n) is 5.01. The monoisotopic (exact) mass is 280 g/mol. The Hall–Kier alpha value is -2.23. The lowest BCUT2D eigenvalue weighted by molar-refractivity contribution is -0.149. The molecule has 0 saturated heterocycles. The maximum atomic E-state index is 12.2. The van der Waals surface area contributed by atoms with Gasteiger partial charge in [-0.2, -0.15) is 0 Å². The highest BCUT2D eigenvalue weighted by molar-refractivity contribution is 5.95. The summed E-state index contributed by atoms with van der Waals surface area (Å²) in [7, 11) is 0. The van der Waals surface area contributed by atoms with Crippen molar-refractivity contribution < 1.29 is 14.6 Å². The van der Waals surface area contributed by atoms with E-state index in [-0.39, 0.29) is 11.7 Å². The summed E-state index contributed by atoms with van der Waals surface area (Å²) in [6.07, 6.45) is 1.02. The first-order valence-electron chi connectivity index (χ1n) is 6.91. The molecular formula is C18H16O3. The summed E-state index contributed by atoms with van der Waals surface area (Å²) in [6.45, 7) is 0. The molecular weight excluding hydrogens is 264 g/mol. The molecule has 0 aliphatic carbocycles. The second kappa shape index (κ2) is 6.04. The van der Waals surface area contributed by atoms with Crippen LogP contribution in [0.25, 0.3) is 0 Å². The Kier molecular flexibility index (Phi) is 3.95. The number of hydrogen-bond donors (Lipinski definition) is 1. The molecule has 0 spiro atoms. The number of benzene rings is 2. The van der Waals surface area contributed by atoms with Crippen LogP contribution in [0.4, 0.5) is 0 Å². The molecule has 0 fully saturated rings. The average molecular weight is 280 g/mol. The van der Waals surface area contributed by atoms with E-state index in [2.05, 4.69) is 0 Å². The summed E-state index contributed by atoms with van der Waals surface area (Å²) in [5.74, 6) is -0.363. The molecule has 3 nitrogen and oxygen atoms in total. The van der Waals surface area contributed by atoms with Gasteiger partial charge in [0.15, 0.2) is 12.1 Å². The van der Waals surface area contributed by atoms with Gasteiger partial charge in [0.1, 0.15) is 6.10 Å². The van der Waals surface area contributed by atoms with Crippen molar-refractivity contribution in [1.29, 1.82) is 0 Å². The first-order valence-corrected chi connectivity index (χ1v) is 6.91. The molecule has 0 radical (unpaired) electrons. The number of carbonyl (C=O) groups excluding carboxylic acids is 1. The molecule has 1 aliphatic rings. The van der Waals surface area contributed by atoms with Gasteiger partial charge in [0, 0.05) is 5.92 Å². The third kappa shape index (κ3) is 2.94. The van der Waals surface area contributed by atoms with Crippen LogP contribution in [0.15, 0.2) is 72.8 Å². The molecule has 1 heterocycles. The van der Waals surface area contributed by atoms with Gasteiger partial charge in [0.2, 0.25) is 0 Å². The molecule has 0 bridgehead atoms. The Morgan fingerprint density at radius 2 is 1.43 bits per heavy atom. The molecule has 2 unspecified atom stereocenters. The summed E-state index contributed by atoms with van der Waals surface area (Å²) in [5.41, 5.74) is 1.98. The highest BCUT2D eigenvalue weighted by Gasteiger charge is 2.34. The lowest BCUT2D eigenvalue weighted by atomic mass is 9.84. The van der Waals surface area contributed by atoms with Gasteiger partial charge in [-0.1, -0.05) is 60.7 Å². The molecule has 0 saturated carbocycles. The zero-order valence-corrected chi connectivity index (χ0v) is 11.4. The predicted octanol–water partition coefficient (Wildman–Crippen LogP) is 2.66. The van der Waals surface area contributed by atoms with Gasteiger partial charge in [-0.25, -0.2) is 0 Å². The van der Waals surface area contributed by atoms with Crippen molar-refractivity contribution in [3.05, 3.63) is 83.9 Å². The zero-order chi connectivity index (χ0) is 14.7. The van der Waals surface area contributed by atoms with Crippen molar-refractivity contribution in [2.45, 2.75) is 18.3 Å². The standard InChI is InChI=1S/C18H16O3/c19-15-11-12-16(20)21-18(15)17(13-7-3-1-4-8-13)14-9-5-2-6-10-14/h1-12,16-18,20H. The molecule has 21 heavy (non-hydrogen) atoms. The smallest absolute Gasteiger partial charge is 0.185 e. The number of aliphatic hydroxyl groups excluding tert-OH is 1. The number of hydrogen-bond acceptors (Lipinski definition) is 3. The van der Waals surface area contributed by atoms with Crippen LogP contribution in [0.1, 0.15) is 17.0 Å². The molecule has 2 aromatic rings. The minimum absolute atomic E-state index is 0.127. The number of rotatable bonds is 3. The molecule has 1 N–H and O–H groups in total. The van der Waals surface area contributed by atoms with Gasteiger partial charge in [-0.05, 0) is 23.3 Å². The van der Waals surface area contributed by atoms with Crippen LogP contribution in [0.2, 0.25) is 0 Å². The van der Waals surface area contributed by atoms with Gasteiger partial charge in [0.25, 0.3) is 0 Å². The van der Waals surface area contributed by atoms with Gasteiger partial charge in [-0.15, -0.1) is 0 Å². The minimum atomic E-state index is -1.04. The third-order valence-corrected chi connectivity index (χ3v) is 3.61. The highest BCUT2D eigenvalue weighted by atomic mass is 16.6. The van der Waals surface area contributed by atoms with E-state index in [9.17, 15) is 9.90 Å². The van der Waals surface area contributed by atoms with E-state index in [4.69, 9.17) is 4.74 Å². The van der Waals surface area contributed by atoms with E-state index in [0.29, 0.717) is 0 Å². The molecule has 106 valence electrons. The van der Waals surface area contributed by atoms with E-state index in [1.165, 1.54) is 12.2 Å². The minimum Gasteiger partial charge on any atom is -0.365 e. The fraction of sp³-hybridized carbons (Fsp3) is 0.167. The molecule has 2 atom stereocenters. The lowest BCUT2D eigenvalue weighted by Gasteiger charge is -2.29. The number of aliphatic hydroxyl groups is 1. The predicted molar refractivity (Wildman–Crippen MR) is 79.8 cm³/mol. The van der Waals surface area contributed by atoms with Crippen LogP contribution in [-0.2, 0) is 9.53 Å². The van der Waals surface area contributed by atoms with Gasteiger partial charge >= 0.3 is 0 Å². The summed E-state index contributed by atoms with van der Waals surface area (Å²) >= 11 is 0. The summed E-state index contributed by atoms with van der Waals surface area (Å²) in [4.78, 5) is 12.2. The molecule has 3 rings (SSSR count). The average Bonchev–Trinajstić information content (AvgIpc) is 2.53. The largest absolute Gasteiger partial charge is 0.365 e. The van der Waals surface area contributed by atoms with E-state index < -0.39 is 12.4 Å². The van der Waals surface area contributed by atoms with Crippen LogP contribution in [-0.4, -0.2) is 23.3 Å². The van der Waals surface area contributed by atoms with Gasteiger partial charge in [-0.3, -0.25) is 4.79 Å². The first-order chi connectivity index (χ1) is 10.3. The van der Waals surface area contributed by atoms with Crippen LogP contribution in [0.5, 0.6) is 0 Å². The molecule has 0 amide bonds. The van der Waals surface area contributed by atoms with Crippen molar-refractivity contribution >= 4 is 5.78 Å². The Morgan fingerprint density at radius 3 is 1.95 bits per heavy atom. The molecule has 0 aromatic heterocycles. The highest BCUT2D eigenvalue weighted by Crippen LogP contribution is 2.32. The fourth-order valence-electron chi connectivity index (χ4n) is 2.64. The van der Waals surface area contributed by atoms with Crippen molar-refractivity contribution in [3.8, 4) is 0 Å². The number of ether oxygens (including phenoxy) is 1. The van der Waals surface area contributed by atoms with Gasteiger partial charge < -0.3 is 9.84 Å². The van der Waals surface area contributed by atoms with Crippen LogP contribution < -0.4 is 0 Å².